The third-order valence-corrected chi connectivity index (χ3v) is 2.36. The zero-order valence-electron chi connectivity index (χ0n) is 9.19. The minimum Gasteiger partial charge on any atom is -0.478 e. The number of aliphatic imine (C=N–C) groups is 2. The molecule has 1 aromatic carbocycles. The fraction of sp³-hybridized carbons (Fsp3) is 0.250. The monoisotopic (exact) mass is 216 g/mol. The van der Waals surface area contributed by atoms with E-state index in [2.05, 4.69) is 9.98 Å². The molecule has 0 saturated heterocycles. The maximum atomic E-state index is 10.8. The molecule has 4 nitrogen and oxygen atoms in total. The molecule has 0 saturated carbocycles. The van der Waals surface area contributed by atoms with Crippen LogP contribution in [0.1, 0.15) is 30.6 Å². The molecule has 1 aliphatic heterocycles. The van der Waals surface area contributed by atoms with Crippen molar-refractivity contribution in [2.75, 3.05) is 0 Å². The van der Waals surface area contributed by atoms with Gasteiger partial charge in [0.1, 0.15) is 0 Å². The van der Waals surface area contributed by atoms with Gasteiger partial charge in [0.25, 0.3) is 0 Å². The first-order valence-electron chi connectivity index (χ1n) is 5.02. The summed E-state index contributed by atoms with van der Waals surface area (Å²) in [4.78, 5) is 19.6. The summed E-state index contributed by atoms with van der Waals surface area (Å²) in [6.07, 6.45) is 0.733. The normalized spacial score (nSPS) is 14.6. The van der Waals surface area contributed by atoms with Crippen LogP contribution >= 0.6 is 0 Å². The van der Waals surface area contributed by atoms with Gasteiger partial charge in [0.15, 0.2) is 0 Å². The van der Waals surface area contributed by atoms with Crippen LogP contribution in [0.25, 0.3) is 0 Å². The molecule has 0 unspecified atom stereocenters. The molecule has 0 atom stereocenters. The van der Waals surface area contributed by atoms with Crippen molar-refractivity contribution in [3.8, 4) is 0 Å². The first-order valence-corrected chi connectivity index (χ1v) is 5.02. The molecular weight excluding hydrogens is 204 g/mol. The first kappa shape index (κ1) is 10.5. The lowest BCUT2D eigenvalue weighted by Crippen LogP contribution is -1.97. The van der Waals surface area contributed by atoms with Crippen LogP contribution in [-0.4, -0.2) is 22.5 Å². The van der Waals surface area contributed by atoms with Gasteiger partial charge in [-0.3, -0.25) is 9.98 Å². The lowest BCUT2D eigenvalue weighted by Gasteiger charge is -2.01. The Hall–Kier alpha value is -1.97. The fourth-order valence-electron chi connectivity index (χ4n) is 1.70. The van der Waals surface area contributed by atoms with Crippen LogP contribution in [0.2, 0.25) is 0 Å². The molecular formula is C12H12N2O2. The van der Waals surface area contributed by atoms with E-state index in [-0.39, 0.29) is 5.56 Å². The molecule has 1 N–H and O–H groups in total. The average Bonchev–Trinajstić information content (AvgIpc) is 2.32. The van der Waals surface area contributed by atoms with Gasteiger partial charge in [-0.2, -0.15) is 0 Å². The third-order valence-electron chi connectivity index (χ3n) is 2.36. The predicted molar refractivity (Wildman–Crippen MR) is 63.6 cm³/mol. The number of aromatic carboxylic acids is 1. The summed E-state index contributed by atoms with van der Waals surface area (Å²) < 4.78 is 0. The van der Waals surface area contributed by atoms with Gasteiger partial charge >= 0.3 is 5.97 Å². The molecule has 2 rings (SSSR count). The van der Waals surface area contributed by atoms with Crippen molar-refractivity contribution in [1.29, 1.82) is 0 Å². The van der Waals surface area contributed by atoms with E-state index in [0.29, 0.717) is 5.69 Å². The highest BCUT2D eigenvalue weighted by Crippen LogP contribution is 2.31. The fourth-order valence-corrected chi connectivity index (χ4v) is 1.70. The van der Waals surface area contributed by atoms with Gasteiger partial charge in [-0.25, -0.2) is 4.79 Å². The highest BCUT2D eigenvalue weighted by molar-refractivity contribution is 6.06. The summed E-state index contributed by atoms with van der Waals surface area (Å²) >= 11 is 0. The van der Waals surface area contributed by atoms with E-state index in [4.69, 9.17) is 5.11 Å². The minimum absolute atomic E-state index is 0.241. The lowest BCUT2D eigenvalue weighted by molar-refractivity contribution is 0.0697. The number of hydrogen-bond donors (Lipinski definition) is 1. The Kier molecular flexibility index (Phi) is 2.56. The molecule has 0 aromatic heterocycles. The van der Waals surface area contributed by atoms with E-state index < -0.39 is 5.97 Å². The smallest absolute Gasteiger partial charge is 0.335 e. The van der Waals surface area contributed by atoms with Crippen molar-refractivity contribution in [2.45, 2.75) is 20.3 Å². The Morgan fingerprint density at radius 1 is 1.19 bits per heavy atom. The molecule has 16 heavy (non-hydrogen) atoms. The zero-order chi connectivity index (χ0) is 11.7. The molecule has 4 heteroatoms. The standard InChI is InChI=1S/C12H12N2O2/c1-7-5-8(2)14-11-6-9(12(15)16)3-4-10(11)13-7/h3-4,6H,5H2,1-2H3,(H,15,16). The molecule has 1 aromatic rings. The Bertz CT molecular complexity index is 516. The van der Waals surface area contributed by atoms with Gasteiger partial charge in [-0.1, -0.05) is 0 Å². The summed E-state index contributed by atoms with van der Waals surface area (Å²) in [5.74, 6) is -0.944. The molecule has 0 amide bonds. The molecule has 0 fully saturated rings. The van der Waals surface area contributed by atoms with Gasteiger partial charge in [0, 0.05) is 17.8 Å². The molecule has 0 spiro atoms. The number of carboxylic acid groups (broad SMARTS) is 1. The summed E-state index contributed by atoms with van der Waals surface area (Å²) in [5, 5.41) is 8.89. The van der Waals surface area contributed by atoms with E-state index in [1.54, 1.807) is 18.2 Å². The van der Waals surface area contributed by atoms with Gasteiger partial charge in [-0.15, -0.1) is 0 Å². The number of nitrogens with zero attached hydrogens (tertiary/aromatic N) is 2. The van der Waals surface area contributed by atoms with Gasteiger partial charge in [0.05, 0.1) is 16.9 Å². The molecule has 1 aliphatic rings. The second-order valence-electron chi connectivity index (χ2n) is 3.88. The van der Waals surface area contributed by atoms with Crippen molar-refractivity contribution < 1.29 is 9.90 Å². The van der Waals surface area contributed by atoms with E-state index in [9.17, 15) is 4.79 Å². The number of fused-ring (bicyclic) bond motifs is 1. The van der Waals surface area contributed by atoms with Crippen molar-refractivity contribution in [2.24, 2.45) is 9.98 Å². The summed E-state index contributed by atoms with van der Waals surface area (Å²) in [7, 11) is 0. The number of carbonyl (C=O) groups is 1. The third kappa shape index (κ3) is 2.00. The van der Waals surface area contributed by atoms with Crippen molar-refractivity contribution in [1.82, 2.24) is 0 Å². The Labute approximate surface area is 93.4 Å². The average molecular weight is 216 g/mol. The topological polar surface area (TPSA) is 62.0 Å². The van der Waals surface area contributed by atoms with E-state index in [1.807, 2.05) is 13.8 Å². The Balaban J connectivity index is 2.59. The molecule has 1 heterocycles. The predicted octanol–water partition coefficient (Wildman–Crippen LogP) is 2.97. The zero-order valence-corrected chi connectivity index (χ0v) is 9.19. The highest BCUT2D eigenvalue weighted by atomic mass is 16.4. The maximum absolute atomic E-state index is 10.8. The maximum Gasteiger partial charge on any atom is 0.335 e. The molecule has 0 aliphatic carbocycles. The SMILES string of the molecule is CC1=Nc2ccc(C(=O)O)cc2N=C(C)C1. The molecule has 0 radical (unpaired) electrons. The van der Waals surface area contributed by atoms with Crippen LogP contribution < -0.4 is 0 Å². The van der Waals surface area contributed by atoms with Crippen LogP contribution in [0.15, 0.2) is 28.2 Å². The van der Waals surface area contributed by atoms with Crippen molar-refractivity contribution >= 4 is 28.8 Å². The van der Waals surface area contributed by atoms with Crippen LogP contribution in [0, 0.1) is 0 Å². The van der Waals surface area contributed by atoms with Crippen LogP contribution in [0.5, 0.6) is 0 Å². The molecule has 0 bridgehead atoms. The quantitative estimate of drug-likeness (QED) is 0.784. The second kappa shape index (κ2) is 3.89. The highest BCUT2D eigenvalue weighted by Gasteiger charge is 2.11. The van der Waals surface area contributed by atoms with E-state index in [0.717, 1.165) is 23.5 Å². The van der Waals surface area contributed by atoms with Crippen LogP contribution in [0.3, 0.4) is 0 Å². The second-order valence-corrected chi connectivity index (χ2v) is 3.88. The van der Waals surface area contributed by atoms with Crippen LogP contribution in [-0.2, 0) is 0 Å². The minimum atomic E-state index is -0.944. The number of benzene rings is 1. The Morgan fingerprint density at radius 2 is 1.81 bits per heavy atom. The number of carboxylic acids is 1. The van der Waals surface area contributed by atoms with E-state index >= 15 is 0 Å². The van der Waals surface area contributed by atoms with Gasteiger partial charge < -0.3 is 5.11 Å². The summed E-state index contributed by atoms with van der Waals surface area (Å²) in [6.45, 7) is 3.86. The van der Waals surface area contributed by atoms with Crippen LogP contribution in [0.4, 0.5) is 11.4 Å². The first-order chi connectivity index (χ1) is 7.56. The van der Waals surface area contributed by atoms with Gasteiger partial charge in [-0.05, 0) is 32.0 Å². The van der Waals surface area contributed by atoms with E-state index in [1.165, 1.54) is 0 Å². The lowest BCUT2D eigenvalue weighted by atomic mass is 10.2. The Morgan fingerprint density at radius 3 is 2.44 bits per heavy atom. The van der Waals surface area contributed by atoms with Gasteiger partial charge in [0.2, 0.25) is 0 Å². The summed E-state index contributed by atoms with van der Waals surface area (Å²) in [5.41, 5.74) is 3.55. The summed E-state index contributed by atoms with van der Waals surface area (Å²) in [6, 6.07) is 4.81. The van der Waals surface area contributed by atoms with Crippen molar-refractivity contribution in [3.63, 3.8) is 0 Å². The number of rotatable bonds is 1. The number of hydrogen-bond acceptors (Lipinski definition) is 3. The molecule has 82 valence electrons. The van der Waals surface area contributed by atoms with Crippen molar-refractivity contribution in [3.05, 3.63) is 23.8 Å². The largest absolute Gasteiger partial charge is 0.478 e.